The molecule has 96 valence electrons. The van der Waals surface area contributed by atoms with E-state index in [4.69, 9.17) is 5.73 Å². The van der Waals surface area contributed by atoms with Crippen LogP contribution in [-0.4, -0.2) is 19.7 Å². The number of nitrogens with zero attached hydrogens (tertiary/aromatic N) is 4. The van der Waals surface area contributed by atoms with Gasteiger partial charge in [0.1, 0.15) is 0 Å². The Hall–Kier alpha value is -2.43. The third-order valence-electron chi connectivity index (χ3n) is 3.02. The zero-order valence-corrected chi connectivity index (χ0v) is 10.9. The Morgan fingerprint density at radius 2 is 1.89 bits per heavy atom. The van der Waals surface area contributed by atoms with E-state index in [0.717, 1.165) is 22.4 Å². The van der Waals surface area contributed by atoms with E-state index in [1.54, 1.807) is 4.68 Å². The van der Waals surface area contributed by atoms with Gasteiger partial charge >= 0.3 is 0 Å². The van der Waals surface area contributed by atoms with Crippen LogP contribution in [-0.2, 0) is 0 Å². The van der Waals surface area contributed by atoms with Crippen molar-refractivity contribution in [3.8, 4) is 5.82 Å². The molecule has 0 saturated heterocycles. The second-order valence-corrected chi connectivity index (χ2v) is 4.76. The summed E-state index contributed by atoms with van der Waals surface area (Å²) < 4.78 is 1.76. The molecular formula is C14H15N5. The summed E-state index contributed by atoms with van der Waals surface area (Å²) >= 11 is 0. The van der Waals surface area contributed by atoms with E-state index >= 15 is 0 Å². The molecule has 0 saturated carbocycles. The molecule has 5 heteroatoms. The maximum atomic E-state index is 5.77. The highest BCUT2D eigenvalue weighted by Gasteiger charge is 2.10. The molecule has 0 aliphatic carbocycles. The largest absolute Gasteiger partial charge is 0.368 e. The number of nitrogens with two attached hydrogens (primary N) is 1. The zero-order valence-electron chi connectivity index (χ0n) is 10.9. The number of benzene rings is 1. The Kier molecular flexibility index (Phi) is 2.67. The average Bonchev–Trinajstić information content (AvgIpc) is 2.87. The van der Waals surface area contributed by atoms with Crippen LogP contribution in [0.5, 0.6) is 0 Å². The summed E-state index contributed by atoms with van der Waals surface area (Å²) in [4.78, 5) is 8.54. The van der Waals surface area contributed by atoms with Gasteiger partial charge in [-0.3, -0.25) is 0 Å². The fourth-order valence-corrected chi connectivity index (χ4v) is 2.02. The Morgan fingerprint density at radius 3 is 2.63 bits per heavy atom. The summed E-state index contributed by atoms with van der Waals surface area (Å²) in [5.41, 5.74) is 7.62. The normalized spacial score (nSPS) is 11.3. The van der Waals surface area contributed by atoms with Crippen LogP contribution in [0.25, 0.3) is 16.7 Å². The maximum Gasteiger partial charge on any atom is 0.222 e. The molecule has 3 rings (SSSR count). The van der Waals surface area contributed by atoms with Crippen LogP contribution in [0.2, 0.25) is 0 Å². The summed E-state index contributed by atoms with van der Waals surface area (Å²) in [6.07, 6.45) is 1.91. The summed E-state index contributed by atoms with van der Waals surface area (Å²) in [6, 6.07) is 9.78. The number of hydrogen-bond acceptors (Lipinski definition) is 4. The lowest BCUT2D eigenvalue weighted by Crippen LogP contribution is -2.05. The minimum atomic E-state index is 0.260. The highest BCUT2D eigenvalue weighted by Crippen LogP contribution is 2.21. The SMILES string of the molecule is CC(C)c1ccn(-c2nc(N)nc3ccccc23)n1. The van der Waals surface area contributed by atoms with Crippen molar-refractivity contribution in [2.45, 2.75) is 19.8 Å². The molecule has 0 bridgehead atoms. The molecule has 0 unspecified atom stereocenters. The van der Waals surface area contributed by atoms with Gasteiger partial charge in [0.25, 0.3) is 0 Å². The van der Waals surface area contributed by atoms with Crippen molar-refractivity contribution in [3.63, 3.8) is 0 Å². The molecule has 5 nitrogen and oxygen atoms in total. The van der Waals surface area contributed by atoms with Crippen LogP contribution in [0.4, 0.5) is 5.95 Å². The molecule has 2 aromatic heterocycles. The van der Waals surface area contributed by atoms with Crippen LogP contribution >= 0.6 is 0 Å². The van der Waals surface area contributed by atoms with Crippen molar-refractivity contribution < 1.29 is 0 Å². The average molecular weight is 253 g/mol. The Morgan fingerprint density at radius 1 is 1.11 bits per heavy atom. The van der Waals surface area contributed by atoms with Gasteiger partial charge in [-0.05, 0) is 24.1 Å². The minimum Gasteiger partial charge on any atom is -0.368 e. The molecule has 2 N–H and O–H groups in total. The predicted octanol–water partition coefficient (Wildman–Crippen LogP) is 2.52. The first-order chi connectivity index (χ1) is 9.15. The topological polar surface area (TPSA) is 69.6 Å². The molecule has 2 heterocycles. The van der Waals surface area contributed by atoms with Crippen LogP contribution in [0.3, 0.4) is 0 Å². The van der Waals surface area contributed by atoms with Crippen LogP contribution < -0.4 is 5.73 Å². The van der Waals surface area contributed by atoms with Crippen molar-refractivity contribution >= 4 is 16.9 Å². The molecule has 0 amide bonds. The van der Waals surface area contributed by atoms with Crippen molar-refractivity contribution in [2.24, 2.45) is 0 Å². The number of fused-ring (bicyclic) bond motifs is 1. The number of nitrogen functional groups attached to an aromatic ring is 1. The van der Waals surface area contributed by atoms with Crippen LogP contribution in [0, 0.1) is 0 Å². The van der Waals surface area contributed by atoms with Gasteiger partial charge in [-0.2, -0.15) is 10.1 Å². The summed E-state index contributed by atoms with van der Waals surface area (Å²) in [6.45, 7) is 4.22. The lowest BCUT2D eigenvalue weighted by molar-refractivity contribution is 0.760. The first-order valence-corrected chi connectivity index (χ1v) is 6.23. The van der Waals surface area contributed by atoms with E-state index in [-0.39, 0.29) is 5.95 Å². The van der Waals surface area contributed by atoms with E-state index in [1.807, 2.05) is 36.5 Å². The third-order valence-corrected chi connectivity index (χ3v) is 3.02. The van der Waals surface area contributed by atoms with E-state index in [2.05, 4.69) is 28.9 Å². The number of rotatable bonds is 2. The van der Waals surface area contributed by atoms with Gasteiger partial charge in [-0.1, -0.05) is 26.0 Å². The van der Waals surface area contributed by atoms with Crippen molar-refractivity contribution in [2.75, 3.05) is 5.73 Å². The van der Waals surface area contributed by atoms with Gasteiger partial charge in [0.2, 0.25) is 5.95 Å². The molecular weight excluding hydrogens is 238 g/mol. The van der Waals surface area contributed by atoms with Crippen LogP contribution in [0.15, 0.2) is 36.5 Å². The van der Waals surface area contributed by atoms with E-state index in [9.17, 15) is 0 Å². The maximum absolute atomic E-state index is 5.77. The smallest absolute Gasteiger partial charge is 0.222 e. The van der Waals surface area contributed by atoms with Gasteiger partial charge < -0.3 is 5.73 Å². The molecule has 0 aliphatic rings. The molecule has 1 aromatic carbocycles. The van der Waals surface area contributed by atoms with Crippen molar-refractivity contribution in [1.82, 2.24) is 19.7 Å². The predicted molar refractivity (Wildman–Crippen MR) is 75.2 cm³/mol. The van der Waals surface area contributed by atoms with Crippen LogP contribution in [0.1, 0.15) is 25.5 Å². The molecule has 0 radical (unpaired) electrons. The minimum absolute atomic E-state index is 0.260. The Bertz CT molecular complexity index is 730. The van der Waals surface area contributed by atoms with Gasteiger partial charge in [-0.15, -0.1) is 0 Å². The lowest BCUT2D eigenvalue weighted by Gasteiger charge is -2.06. The second-order valence-electron chi connectivity index (χ2n) is 4.76. The highest BCUT2D eigenvalue weighted by atomic mass is 15.3. The molecule has 0 fully saturated rings. The Labute approximate surface area is 111 Å². The van der Waals surface area contributed by atoms with E-state index in [1.165, 1.54) is 0 Å². The zero-order chi connectivity index (χ0) is 13.4. The lowest BCUT2D eigenvalue weighted by atomic mass is 10.1. The highest BCUT2D eigenvalue weighted by molar-refractivity contribution is 5.86. The third kappa shape index (κ3) is 2.03. The fraction of sp³-hybridized carbons (Fsp3) is 0.214. The standard InChI is InChI=1S/C14H15N5/c1-9(2)11-7-8-19(18-11)13-10-5-3-4-6-12(10)16-14(15)17-13/h3-9H,1-2H3,(H2,15,16,17). The number of para-hydroxylation sites is 1. The van der Waals surface area contributed by atoms with Crippen molar-refractivity contribution in [1.29, 1.82) is 0 Å². The first-order valence-electron chi connectivity index (χ1n) is 6.23. The number of hydrogen-bond donors (Lipinski definition) is 1. The van der Waals surface area contributed by atoms with Crippen molar-refractivity contribution in [3.05, 3.63) is 42.2 Å². The summed E-state index contributed by atoms with van der Waals surface area (Å²) in [7, 11) is 0. The molecule has 0 aliphatic heterocycles. The monoisotopic (exact) mass is 253 g/mol. The number of anilines is 1. The quantitative estimate of drug-likeness (QED) is 0.761. The van der Waals surface area contributed by atoms with Gasteiger partial charge in [0, 0.05) is 11.6 Å². The molecule has 0 spiro atoms. The van der Waals surface area contributed by atoms with Gasteiger partial charge in [-0.25, -0.2) is 9.67 Å². The fourth-order valence-electron chi connectivity index (χ4n) is 2.02. The van der Waals surface area contributed by atoms with Gasteiger partial charge in [0.05, 0.1) is 11.2 Å². The first kappa shape index (κ1) is 11.6. The molecule has 3 aromatic rings. The Balaban J connectivity index is 2.23. The van der Waals surface area contributed by atoms with E-state index in [0.29, 0.717) is 5.92 Å². The van der Waals surface area contributed by atoms with Gasteiger partial charge in [0.15, 0.2) is 5.82 Å². The molecule has 19 heavy (non-hydrogen) atoms. The molecule has 0 atom stereocenters. The summed E-state index contributed by atoms with van der Waals surface area (Å²) in [5.74, 6) is 1.36. The van der Waals surface area contributed by atoms with E-state index < -0.39 is 0 Å². The summed E-state index contributed by atoms with van der Waals surface area (Å²) in [5, 5.41) is 5.48. The number of aromatic nitrogens is 4. The second kappa shape index (κ2) is 4.35.